The smallest absolute Gasteiger partial charge is 0.375 e. The molecule has 0 unspecified atom stereocenters. The Kier molecular flexibility index (Phi) is 6.09. The molecule has 0 radical (unpaired) electrons. The zero-order chi connectivity index (χ0) is 20.2. The molecule has 9 heteroatoms. The summed E-state index contributed by atoms with van der Waals surface area (Å²) in [7, 11) is -0.431. The van der Waals surface area contributed by atoms with Crippen molar-refractivity contribution in [3.8, 4) is 0 Å². The first-order valence-corrected chi connectivity index (χ1v) is 10.5. The van der Waals surface area contributed by atoms with Crippen LogP contribution in [0.2, 0.25) is 0 Å². The fourth-order valence-corrected chi connectivity index (χ4v) is 4.90. The molecule has 0 spiro atoms. The second-order valence-electron chi connectivity index (χ2n) is 6.80. The molecule has 2 aromatic rings. The van der Waals surface area contributed by atoms with Crippen molar-refractivity contribution in [1.29, 1.82) is 0 Å². The van der Waals surface area contributed by atoms with Gasteiger partial charge >= 0.3 is 16.2 Å². The van der Waals surface area contributed by atoms with Gasteiger partial charge in [0.25, 0.3) is 0 Å². The average molecular weight is 406 g/mol. The molecule has 1 aromatic carbocycles. The van der Waals surface area contributed by atoms with Gasteiger partial charge in [0, 0.05) is 31.4 Å². The third-order valence-electron chi connectivity index (χ3n) is 5.05. The predicted molar refractivity (Wildman–Crippen MR) is 107 cm³/mol. The fourth-order valence-electron chi connectivity index (χ4n) is 3.28. The summed E-state index contributed by atoms with van der Waals surface area (Å²) in [5, 5.41) is 0. The second kappa shape index (κ2) is 8.36. The van der Waals surface area contributed by atoms with E-state index in [0.717, 1.165) is 5.69 Å². The molecule has 1 N–H and O–H groups in total. The van der Waals surface area contributed by atoms with E-state index in [1.807, 2.05) is 37.4 Å². The number of nitrogens with one attached hydrogen (secondary N) is 1. The molecule has 150 valence electrons. The summed E-state index contributed by atoms with van der Waals surface area (Å²) < 4.78 is 33.9. The molecule has 1 aliphatic rings. The first-order valence-electron chi connectivity index (χ1n) is 9.02. The molecule has 2 heterocycles. The van der Waals surface area contributed by atoms with Crippen molar-refractivity contribution in [2.24, 2.45) is 0 Å². The molecule has 1 aromatic heterocycles. The second-order valence-corrected chi connectivity index (χ2v) is 8.74. The van der Waals surface area contributed by atoms with Crippen molar-refractivity contribution < 1.29 is 17.9 Å². The number of rotatable bonds is 6. The van der Waals surface area contributed by atoms with Crippen molar-refractivity contribution in [3.63, 3.8) is 0 Å². The quantitative estimate of drug-likeness (QED) is 0.573. The average Bonchev–Trinajstić information content (AvgIpc) is 2.73. The molecule has 3 rings (SSSR count). The number of ether oxygens (including phenoxy) is 1. The van der Waals surface area contributed by atoms with Gasteiger partial charge in [-0.3, -0.25) is 9.88 Å². The van der Waals surface area contributed by atoms with Crippen LogP contribution in [0.25, 0.3) is 0 Å². The van der Waals surface area contributed by atoms with Crippen LogP contribution in [-0.2, 0) is 21.5 Å². The van der Waals surface area contributed by atoms with Gasteiger partial charge in [0.2, 0.25) is 0 Å². The summed E-state index contributed by atoms with van der Waals surface area (Å²) in [5.41, 5.74) is 1.59. The van der Waals surface area contributed by atoms with Crippen LogP contribution in [0.5, 0.6) is 0 Å². The molecular weight excluding hydrogens is 380 g/mol. The number of aromatic nitrogens is 1. The Morgan fingerprint density at radius 2 is 1.86 bits per heavy atom. The number of piperazine rings is 1. The zero-order valence-corrected chi connectivity index (χ0v) is 16.9. The number of nitrogens with zero attached hydrogens (tertiary/aromatic N) is 3. The normalized spacial score (nSPS) is 17.2. The van der Waals surface area contributed by atoms with Crippen LogP contribution in [-0.4, -0.2) is 64.6 Å². The molecule has 28 heavy (non-hydrogen) atoms. The Balaban J connectivity index is 1.81. The van der Waals surface area contributed by atoms with Gasteiger partial charge in [-0.25, -0.2) is 4.79 Å². The molecule has 1 aliphatic heterocycles. The highest BCUT2D eigenvalue weighted by atomic mass is 32.2. The zero-order valence-electron chi connectivity index (χ0n) is 16.0. The number of likely N-dealkylation sites (N-methyl/N-ethyl adjacent to an activating group) is 1. The van der Waals surface area contributed by atoms with Gasteiger partial charge in [-0.1, -0.05) is 18.2 Å². The lowest BCUT2D eigenvalue weighted by molar-refractivity contribution is 0.0600. The van der Waals surface area contributed by atoms with Gasteiger partial charge in [0.15, 0.2) is 0 Å². The number of benzene rings is 1. The summed E-state index contributed by atoms with van der Waals surface area (Å²) >= 11 is 0. The van der Waals surface area contributed by atoms with Gasteiger partial charge < -0.3 is 4.74 Å². The summed E-state index contributed by atoms with van der Waals surface area (Å²) in [6.07, 6.45) is 1.38. The monoisotopic (exact) mass is 405 g/mol. The van der Waals surface area contributed by atoms with Crippen LogP contribution in [0.1, 0.15) is 16.1 Å². The first-order chi connectivity index (χ1) is 13.4. The Morgan fingerprint density at radius 3 is 2.43 bits per heavy atom. The number of esters is 1. The lowest BCUT2D eigenvalue weighted by atomic mass is 10.2. The number of methoxy groups -OCH3 is 1. The summed E-state index contributed by atoms with van der Waals surface area (Å²) in [5.74, 6) is -0.481. The van der Waals surface area contributed by atoms with E-state index in [9.17, 15) is 13.2 Å². The van der Waals surface area contributed by atoms with Crippen LogP contribution in [0.4, 0.5) is 5.69 Å². The van der Waals surface area contributed by atoms with Crippen LogP contribution >= 0.6 is 0 Å². The Labute approximate surface area is 165 Å². The standard InChI is InChI=1S/C19H25N4O4S/c1-22-10-12-23(13-11-22,18-6-4-3-5-7-18)28(25,26)21-15-17-9-8-16(14-20-17)19(24)27-2/h3-9,14,21H,10-13,15H2,1-2H3/q+1. The molecular formula is C19H25N4O4S+. The maximum absolute atomic E-state index is 13.4. The molecule has 0 aliphatic carbocycles. The number of quaternary nitrogens is 1. The minimum Gasteiger partial charge on any atom is -0.465 e. The lowest BCUT2D eigenvalue weighted by Gasteiger charge is -2.41. The SMILES string of the molecule is COC(=O)c1ccc(CNS(=O)(=O)[N+]2(c3ccccc3)CCN(C)CC2)nc1. The Morgan fingerprint density at radius 1 is 1.18 bits per heavy atom. The van der Waals surface area contributed by atoms with Gasteiger partial charge in [0.05, 0.1) is 24.9 Å². The van der Waals surface area contributed by atoms with Crippen molar-refractivity contribution in [2.75, 3.05) is 40.3 Å². The minimum absolute atomic E-state index is 0.0481. The highest BCUT2D eigenvalue weighted by Crippen LogP contribution is 2.29. The van der Waals surface area contributed by atoms with E-state index in [4.69, 9.17) is 0 Å². The number of hydrogen-bond acceptors (Lipinski definition) is 6. The van der Waals surface area contributed by atoms with Gasteiger partial charge in [-0.2, -0.15) is 17.0 Å². The number of pyridine rings is 1. The molecule has 1 fully saturated rings. The molecule has 0 amide bonds. The van der Waals surface area contributed by atoms with Crippen molar-refractivity contribution in [2.45, 2.75) is 6.54 Å². The summed E-state index contributed by atoms with van der Waals surface area (Å²) in [6.45, 7) is 2.34. The predicted octanol–water partition coefficient (Wildman–Crippen LogP) is 1.16. The van der Waals surface area contributed by atoms with Crippen molar-refractivity contribution in [3.05, 3.63) is 59.9 Å². The number of hydrogen-bond donors (Lipinski definition) is 1. The highest BCUT2D eigenvalue weighted by Gasteiger charge is 2.46. The fraction of sp³-hybridized carbons (Fsp3) is 0.368. The van der Waals surface area contributed by atoms with Gasteiger partial charge in [0.1, 0.15) is 18.8 Å². The maximum Gasteiger partial charge on any atom is 0.375 e. The number of carbonyl (C=O) groups excluding carboxylic acids is 1. The molecule has 0 saturated carbocycles. The topological polar surface area (TPSA) is 88.6 Å². The molecule has 0 atom stereocenters. The van der Waals surface area contributed by atoms with E-state index in [2.05, 4.69) is 19.3 Å². The number of carbonyl (C=O) groups is 1. The minimum atomic E-state index is -3.72. The van der Waals surface area contributed by atoms with Crippen molar-refractivity contribution in [1.82, 2.24) is 18.5 Å². The van der Waals surface area contributed by atoms with Gasteiger partial charge in [-0.15, -0.1) is 0 Å². The third kappa shape index (κ3) is 4.07. The highest BCUT2D eigenvalue weighted by molar-refractivity contribution is 7.89. The van der Waals surface area contributed by atoms with E-state index in [1.165, 1.54) is 13.3 Å². The van der Waals surface area contributed by atoms with Crippen molar-refractivity contribution >= 4 is 21.9 Å². The largest absolute Gasteiger partial charge is 0.465 e. The Bertz CT molecular complexity index is 909. The summed E-state index contributed by atoms with van der Waals surface area (Å²) in [6, 6.07) is 12.5. The number of para-hydroxylation sites is 1. The third-order valence-corrected chi connectivity index (χ3v) is 7.06. The van der Waals surface area contributed by atoms with Crippen LogP contribution < -0.4 is 8.61 Å². The molecule has 1 saturated heterocycles. The first kappa shape index (κ1) is 20.4. The van der Waals surface area contributed by atoms with E-state index >= 15 is 0 Å². The summed E-state index contributed by atoms with van der Waals surface area (Å²) in [4.78, 5) is 17.8. The van der Waals surface area contributed by atoms with Crippen LogP contribution in [0.3, 0.4) is 0 Å². The lowest BCUT2D eigenvalue weighted by Crippen LogP contribution is -2.66. The van der Waals surface area contributed by atoms with E-state index < -0.39 is 16.2 Å². The maximum atomic E-state index is 13.4. The van der Waals surface area contributed by atoms with E-state index in [0.29, 0.717) is 37.4 Å². The molecule has 8 nitrogen and oxygen atoms in total. The van der Waals surface area contributed by atoms with E-state index in [1.54, 1.807) is 12.1 Å². The van der Waals surface area contributed by atoms with Crippen LogP contribution in [0, 0.1) is 0 Å². The van der Waals surface area contributed by atoms with E-state index in [-0.39, 0.29) is 10.4 Å². The van der Waals surface area contributed by atoms with Gasteiger partial charge in [-0.05, 0) is 19.2 Å². The van der Waals surface area contributed by atoms with Crippen LogP contribution in [0.15, 0.2) is 48.7 Å². The Hall–Kier alpha value is -2.33. The molecule has 0 bridgehead atoms.